The Morgan fingerprint density at radius 3 is 2.94 bits per heavy atom. The van der Waals surface area contributed by atoms with Crippen LogP contribution in [0.4, 0.5) is 0 Å². The average Bonchev–Trinajstić information content (AvgIpc) is 2.77. The lowest BCUT2D eigenvalue weighted by molar-refractivity contribution is 0.0826. The number of piperazine rings is 1. The van der Waals surface area contributed by atoms with Gasteiger partial charge in [-0.2, -0.15) is 0 Å². The smallest absolute Gasteiger partial charge is 0.0967 e. The van der Waals surface area contributed by atoms with Gasteiger partial charge in [0.1, 0.15) is 0 Å². The van der Waals surface area contributed by atoms with Crippen molar-refractivity contribution >= 4 is 0 Å². The first kappa shape index (κ1) is 13.5. The number of rotatable bonds is 5. The van der Waals surface area contributed by atoms with E-state index in [9.17, 15) is 0 Å². The van der Waals surface area contributed by atoms with E-state index >= 15 is 0 Å². The highest BCUT2D eigenvalue weighted by atomic mass is 15.4. The summed E-state index contributed by atoms with van der Waals surface area (Å²) in [6, 6.07) is 0.628. The molecule has 1 saturated heterocycles. The normalized spacial score (nSPS) is 22.5. The molecule has 0 aromatic carbocycles. The highest BCUT2D eigenvalue weighted by molar-refractivity contribution is 4.93. The Balaban J connectivity index is 1.86. The summed E-state index contributed by atoms with van der Waals surface area (Å²) in [5, 5.41) is 8.27. The zero-order chi connectivity index (χ0) is 13.0. The minimum absolute atomic E-state index is 0.606. The fourth-order valence-corrected chi connectivity index (χ4v) is 2.57. The van der Waals surface area contributed by atoms with Gasteiger partial charge in [-0.1, -0.05) is 12.1 Å². The van der Waals surface area contributed by atoms with Crippen LogP contribution in [0.25, 0.3) is 0 Å². The van der Waals surface area contributed by atoms with Crippen LogP contribution in [-0.2, 0) is 13.1 Å². The third kappa shape index (κ3) is 3.28. The van der Waals surface area contributed by atoms with Crippen molar-refractivity contribution in [1.29, 1.82) is 0 Å². The second-order valence-electron chi connectivity index (χ2n) is 4.97. The lowest BCUT2D eigenvalue weighted by Gasteiger charge is -2.38. The van der Waals surface area contributed by atoms with Crippen molar-refractivity contribution in [3.8, 4) is 0 Å². The van der Waals surface area contributed by atoms with E-state index in [0.29, 0.717) is 12.6 Å². The molecular weight excluding hydrogens is 228 g/mol. The molecule has 0 spiro atoms. The number of hydrogen-bond acceptors (Lipinski definition) is 5. The van der Waals surface area contributed by atoms with E-state index in [-0.39, 0.29) is 0 Å². The molecule has 0 bridgehead atoms. The molecule has 1 aromatic heterocycles. The largest absolute Gasteiger partial charge is 0.329 e. The van der Waals surface area contributed by atoms with Gasteiger partial charge in [0.05, 0.1) is 12.2 Å². The molecule has 2 N–H and O–H groups in total. The molecular formula is C12H24N6. The molecule has 0 radical (unpaired) electrons. The van der Waals surface area contributed by atoms with Crippen LogP contribution < -0.4 is 5.73 Å². The Hall–Kier alpha value is -0.980. The number of aromatic nitrogens is 3. The summed E-state index contributed by atoms with van der Waals surface area (Å²) in [6.07, 6.45) is 2.00. The van der Waals surface area contributed by atoms with Crippen molar-refractivity contribution in [3.05, 3.63) is 11.9 Å². The average molecular weight is 252 g/mol. The topological polar surface area (TPSA) is 63.2 Å². The first-order valence-corrected chi connectivity index (χ1v) is 6.78. The van der Waals surface area contributed by atoms with Crippen molar-refractivity contribution in [2.24, 2.45) is 5.73 Å². The van der Waals surface area contributed by atoms with Crippen molar-refractivity contribution in [1.82, 2.24) is 24.8 Å². The van der Waals surface area contributed by atoms with E-state index in [0.717, 1.165) is 45.0 Å². The summed E-state index contributed by atoms with van der Waals surface area (Å²) in [5.74, 6) is 0. The maximum Gasteiger partial charge on any atom is 0.0967 e. The van der Waals surface area contributed by atoms with Crippen LogP contribution in [0.1, 0.15) is 19.5 Å². The fraction of sp³-hybridized carbons (Fsp3) is 0.833. The highest BCUT2D eigenvalue weighted by Gasteiger charge is 2.22. The van der Waals surface area contributed by atoms with E-state index in [1.807, 2.05) is 10.9 Å². The minimum Gasteiger partial charge on any atom is -0.329 e. The zero-order valence-corrected chi connectivity index (χ0v) is 11.4. The summed E-state index contributed by atoms with van der Waals surface area (Å²) >= 11 is 0. The van der Waals surface area contributed by atoms with Crippen LogP contribution in [0.2, 0.25) is 0 Å². The SMILES string of the molecule is CCN1CCN(Cc2cn(CCN)nn2)CC1C. The van der Waals surface area contributed by atoms with Gasteiger partial charge in [0.15, 0.2) is 0 Å². The molecule has 1 aromatic rings. The van der Waals surface area contributed by atoms with Crippen molar-refractivity contribution < 1.29 is 0 Å². The molecule has 6 heteroatoms. The Morgan fingerprint density at radius 1 is 1.44 bits per heavy atom. The van der Waals surface area contributed by atoms with E-state index < -0.39 is 0 Å². The van der Waals surface area contributed by atoms with Crippen LogP contribution >= 0.6 is 0 Å². The van der Waals surface area contributed by atoms with Gasteiger partial charge in [-0.05, 0) is 13.5 Å². The predicted octanol–water partition coefficient (Wildman–Crippen LogP) is -0.237. The van der Waals surface area contributed by atoms with E-state index in [1.165, 1.54) is 0 Å². The molecule has 2 heterocycles. The van der Waals surface area contributed by atoms with Crippen LogP contribution in [0, 0.1) is 0 Å². The first-order chi connectivity index (χ1) is 8.72. The molecule has 1 aliphatic rings. The summed E-state index contributed by atoms with van der Waals surface area (Å²) < 4.78 is 1.82. The van der Waals surface area contributed by atoms with Gasteiger partial charge in [-0.25, -0.2) is 0 Å². The Labute approximate surface area is 109 Å². The molecule has 18 heavy (non-hydrogen) atoms. The third-order valence-electron chi connectivity index (χ3n) is 3.59. The van der Waals surface area contributed by atoms with Crippen LogP contribution in [0.15, 0.2) is 6.20 Å². The van der Waals surface area contributed by atoms with Crippen LogP contribution in [0.5, 0.6) is 0 Å². The number of nitrogens with zero attached hydrogens (tertiary/aromatic N) is 5. The lowest BCUT2D eigenvalue weighted by Crippen LogP contribution is -2.51. The van der Waals surface area contributed by atoms with Gasteiger partial charge >= 0.3 is 0 Å². The molecule has 1 unspecified atom stereocenters. The molecule has 1 atom stereocenters. The molecule has 102 valence electrons. The molecule has 1 aliphatic heterocycles. The van der Waals surface area contributed by atoms with Gasteiger partial charge in [0, 0.05) is 45.0 Å². The van der Waals surface area contributed by atoms with E-state index in [2.05, 4.69) is 34.0 Å². The van der Waals surface area contributed by atoms with Crippen LogP contribution in [-0.4, -0.2) is 63.6 Å². The molecule has 0 amide bonds. The quantitative estimate of drug-likeness (QED) is 0.784. The maximum absolute atomic E-state index is 5.50. The predicted molar refractivity (Wildman–Crippen MR) is 71.1 cm³/mol. The van der Waals surface area contributed by atoms with Crippen molar-refractivity contribution in [2.45, 2.75) is 33.0 Å². The maximum atomic E-state index is 5.50. The summed E-state index contributed by atoms with van der Waals surface area (Å²) in [5.41, 5.74) is 6.54. The van der Waals surface area contributed by atoms with Crippen LogP contribution in [0.3, 0.4) is 0 Å². The third-order valence-corrected chi connectivity index (χ3v) is 3.59. The molecule has 1 fully saturated rings. The first-order valence-electron chi connectivity index (χ1n) is 6.78. The lowest BCUT2D eigenvalue weighted by atomic mass is 10.2. The van der Waals surface area contributed by atoms with Gasteiger partial charge in [-0.15, -0.1) is 5.10 Å². The molecule has 0 aliphatic carbocycles. The summed E-state index contributed by atoms with van der Waals surface area (Å²) in [7, 11) is 0. The highest BCUT2D eigenvalue weighted by Crippen LogP contribution is 2.11. The van der Waals surface area contributed by atoms with E-state index in [1.54, 1.807) is 0 Å². The van der Waals surface area contributed by atoms with Gasteiger partial charge in [-0.3, -0.25) is 14.5 Å². The van der Waals surface area contributed by atoms with Gasteiger partial charge < -0.3 is 5.73 Å². The Morgan fingerprint density at radius 2 is 2.28 bits per heavy atom. The second-order valence-corrected chi connectivity index (χ2v) is 4.97. The summed E-state index contributed by atoms with van der Waals surface area (Å²) in [4.78, 5) is 4.97. The second kappa shape index (κ2) is 6.26. The van der Waals surface area contributed by atoms with Gasteiger partial charge in [0.25, 0.3) is 0 Å². The number of nitrogens with two attached hydrogens (primary N) is 1. The van der Waals surface area contributed by atoms with Gasteiger partial charge in [0.2, 0.25) is 0 Å². The number of likely N-dealkylation sites (N-methyl/N-ethyl adjacent to an activating group) is 1. The van der Waals surface area contributed by atoms with Crippen molar-refractivity contribution in [3.63, 3.8) is 0 Å². The Kier molecular flexibility index (Phi) is 4.68. The Bertz CT molecular complexity index is 363. The standard InChI is InChI=1S/C12H24N6/c1-3-17-7-6-16(8-11(17)2)9-12-10-18(5-4-13)15-14-12/h10-11H,3-9,13H2,1-2H3. The van der Waals surface area contributed by atoms with E-state index in [4.69, 9.17) is 5.73 Å². The molecule has 0 saturated carbocycles. The zero-order valence-electron chi connectivity index (χ0n) is 11.4. The summed E-state index contributed by atoms with van der Waals surface area (Å²) in [6.45, 7) is 11.3. The molecule has 2 rings (SSSR count). The minimum atomic E-state index is 0.606. The monoisotopic (exact) mass is 252 g/mol. The fourth-order valence-electron chi connectivity index (χ4n) is 2.57. The number of hydrogen-bond donors (Lipinski definition) is 1. The van der Waals surface area contributed by atoms with Crippen molar-refractivity contribution in [2.75, 3.05) is 32.7 Å². The molecule has 6 nitrogen and oxygen atoms in total.